The number of amides is 1. The second-order valence-corrected chi connectivity index (χ2v) is 7.23. The van der Waals surface area contributed by atoms with Crippen molar-refractivity contribution in [2.45, 2.75) is 4.90 Å². The smallest absolute Gasteiger partial charge is 0.267 e. The van der Waals surface area contributed by atoms with E-state index >= 15 is 0 Å². The molecule has 0 fully saturated rings. The number of hydrogen-bond acceptors (Lipinski definition) is 4. The highest BCUT2D eigenvalue weighted by Gasteiger charge is 2.20. The normalized spacial score (nSPS) is 11.5. The molecular weight excluding hydrogens is 352 g/mol. The third-order valence-corrected chi connectivity index (χ3v) is 5.32. The summed E-state index contributed by atoms with van der Waals surface area (Å²) in [5.41, 5.74) is 2.63. The lowest BCUT2D eigenvalue weighted by atomic mass is 10.2. The summed E-state index contributed by atoms with van der Waals surface area (Å²) in [6.07, 6.45) is 2.65. The molecule has 0 aliphatic carbocycles. The molecule has 6 nitrogen and oxygen atoms in total. The van der Waals surface area contributed by atoms with Gasteiger partial charge in [-0.15, -0.1) is 0 Å². The summed E-state index contributed by atoms with van der Waals surface area (Å²) < 4.78 is 26.3. The van der Waals surface area contributed by atoms with Crippen molar-refractivity contribution in [1.29, 1.82) is 0 Å². The molecule has 0 aromatic heterocycles. The van der Waals surface area contributed by atoms with Crippen LogP contribution >= 0.6 is 11.6 Å². The number of sulfonamides is 1. The Hall–Kier alpha value is -2.35. The van der Waals surface area contributed by atoms with E-state index in [-0.39, 0.29) is 4.90 Å². The number of carbonyl (C=O) groups is 1. The van der Waals surface area contributed by atoms with Crippen LogP contribution < -0.4 is 9.79 Å². The lowest BCUT2D eigenvalue weighted by Gasteiger charge is -2.19. The molecule has 8 heteroatoms. The molecule has 0 aliphatic rings. The molecule has 0 atom stereocenters. The average Bonchev–Trinajstić information content (AvgIpc) is 2.59. The molecule has 0 saturated carbocycles. The van der Waals surface area contributed by atoms with Crippen LogP contribution in [0.25, 0.3) is 6.08 Å². The number of anilines is 1. The van der Waals surface area contributed by atoms with E-state index in [0.717, 1.165) is 10.4 Å². The van der Waals surface area contributed by atoms with Gasteiger partial charge in [-0.2, -0.15) is 0 Å². The largest absolute Gasteiger partial charge is 0.288 e. The molecule has 0 heterocycles. The van der Waals surface area contributed by atoms with Gasteiger partial charge >= 0.3 is 0 Å². The van der Waals surface area contributed by atoms with Gasteiger partial charge in [0.2, 0.25) is 0 Å². The monoisotopic (exact) mass is 366 g/mol. The minimum absolute atomic E-state index is 0.137. The Labute approximate surface area is 145 Å². The maximum absolute atomic E-state index is 12.6. The van der Waals surface area contributed by atoms with Gasteiger partial charge in [0.1, 0.15) is 0 Å². The minimum Gasteiger partial charge on any atom is -0.288 e. The highest BCUT2D eigenvalue weighted by Crippen LogP contribution is 2.23. The SMILES string of the molecule is CN(c1ccc(/C=C/C(=O)NO)cc1)S(=O)(=O)c1ccc(Cl)cc1. The quantitative estimate of drug-likeness (QED) is 0.484. The molecule has 2 aromatic rings. The summed E-state index contributed by atoms with van der Waals surface area (Å²) in [5, 5.41) is 8.87. The Morgan fingerprint density at radius 2 is 1.71 bits per heavy atom. The Balaban J connectivity index is 2.23. The predicted octanol–water partition coefficient (Wildman–Crippen LogP) is 2.68. The maximum Gasteiger partial charge on any atom is 0.267 e. The number of nitrogens with zero attached hydrogens (tertiary/aromatic N) is 1. The molecular formula is C16H15ClN2O4S. The van der Waals surface area contributed by atoms with Crippen molar-refractivity contribution in [3.05, 3.63) is 65.2 Å². The highest BCUT2D eigenvalue weighted by molar-refractivity contribution is 7.92. The Morgan fingerprint density at radius 3 is 2.25 bits per heavy atom. The van der Waals surface area contributed by atoms with Crippen molar-refractivity contribution in [3.8, 4) is 0 Å². The molecule has 2 N–H and O–H groups in total. The van der Waals surface area contributed by atoms with Crippen molar-refractivity contribution in [2.75, 3.05) is 11.4 Å². The van der Waals surface area contributed by atoms with Crippen molar-refractivity contribution < 1.29 is 18.4 Å². The number of hydrogen-bond donors (Lipinski definition) is 2. The van der Waals surface area contributed by atoms with E-state index in [0.29, 0.717) is 16.3 Å². The fourth-order valence-corrected chi connectivity index (χ4v) is 3.23. The molecule has 0 saturated heterocycles. The van der Waals surface area contributed by atoms with Crippen LogP contribution in [0.4, 0.5) is 5.69 Å². The van der Waals surface area contributed by atoms with Gasteiger partial charge in [-0.1, -0.05) is 23.7 Å². The summed E-state index contributed by atoms with van der Waals surface area (Å²) in [4.78, 5) is 11.1. The van der Waals surface area contributed by atoms with Crippen molar-refractivity contribution in [3.63, 3.8) is 0 Å². The van der Waals surface area contributed by atoms with E-state index in [2.05, 4.69) is 0 Å². The summed E-state index contributed by atoms with van der Waals surface area (Å²) in [7, 11) is -2.24. The molecule has 0 radical (unpaired) electrons. The standard InChI is InChI=1S/C16H15ClN2O4S/c1-19(24(22,23)15-9-5-13(17)6-10-15)14-7-2-12(3-8-14)4-11-16(20)18-21/h2-11,21H,1H3,(H,18,20)/b11-4+. The second kappa shape index (κ2) is 7.48. The maximum atomic E-state index is 12.6. The zero-order valence-electron chi connectivity index (χ0n) is 12.7. The van der Waals surface area contributed by atoms with Gasteiger partial charge in [-0.25, -0.2) is 13.9 Å². The van der Waals surface area contributed by atoms with Gasteiger partial charge in [0.05, 0.1) is 10.6 Å². The number of benzene rings is 2. The van der Waals surface area contributed by atoms with Crippen molar-refractivity contribution in [2.24, 2.45) is 0 Å². The Morgan fingerprint density at radius 1 is 1.12 bits per heavy atom. The van der Waals surface area contributed by atoms with E-state index in [4.69, 9.17) is 16.8 Å². The highest BCUT2D eigenvalue weighted by atomic mass is 35.5. The predicted molar refractivity (Wildman–Crippen MR) is 92.4 cm³/mol. The van der Waals surface area contributed by atoms with Crippen molar-refractivity contribution in [1.82, 2.24) is 5.48 Å². The van der Waals surface area contributed by atoms with E-state index in [9.17, 15) is 13.2 Å². The van der Waals surface area contributed by atoms with Crippen LogP contribution in [0.2, 0.25) is 5.02 Å². The number of nitrogens with one attached hydrogen (secondary N) is 1. The van der Waals surface area contributed by atoms with Gasteiger partial charge in [-0.05, 0) is 48.0 Å². The van der Waals surface area contributed by atoms with Gasteiger partial charge < -0.3 is 0 Å². The van der Waals surface area contributed by atoms with Crippen LogP contribution in [-0.2, 0) is 14.8 Å². The molecule has 1 amide bonds. The van der Waals surface area contributed by atoms with Crippen LogP contribution in [0.15, 0.2) is 59.5 Å². The molecule has 0 unspecified atom stereocenters. The number of carbonyl (C=O) groups excluding carboxylic acids is 1. The first-order valence-electron chi connectivity index (χ1n) is 6.81. The van der Waals surface area contributed by atoms with Crippen LogP contribution in [0.5, 0.6) is 0 Å². The third-order valence-electron chi connectivity index (χ3n) is 3.27. The van der Waals surface area contributed by atoms with Gasteiger partial charge in [0.25, 0.3) is 15.9 Å². The molecule has 2 aromatic carbocycles. The van der Waals surface area contributed by atoms with Crippen LogP contribution in [0.1, 0.15) is 5.56 Å². The van der Waals surface area contributed by atoms with Crippen molar-refractivity contribution >= 4 is 39.3 Å². The van der Waals surface area contributed by atoms with Crippen LogP contribution in [-0.4, -0.2) is 26.6 Å². The molecule has 0 bridgehead atoms. The zero-order chi connectivity index (χ0) is 17.7. The van der Waals surface area contributed by atoms with Crippen LogP contribution in [0, 0.1) is 0 Å². The molecule has 2 rings (SSSR count). The Bertz CT molecular complexity index is 847. The first-order valence-corrected chi connectivity index (χ1v) is 8.63. The minimum atomic E-state index is -3.69. The summed E-state index contributed by atoms with van der Waals surface area (Å²) in [6.45, 7) is 0. The lowest BCUT2D eigenvalue weighted by Crippen LogP contribution is -2.26. The molecule has 24 heavy (non-hydrogen) atoms. The topological polar surface area (TPSA) is 86.7 Å². The number of hydroxylamine groups is 1. The first kappa shape index (κ1) is 18.0. The Kier molecular flexibility index (Phi) is 5.61. The summed E-state index contributed by atoms with van der Waals surface area (Å²) in [5.74, 6) is -0.651. The third kappa shape index (κ3) is 4.14. The van der Waals surface area contributed by atoms with E-state index in [1.807, 2.05) is 0 Å². The van der Waals surface area contributed by atoms with Gasteiger partial charge in [0, 0.05) is 18.1 Å². The fraction of sp³-hybridized carbons (Fsp3) is 0.0625. The van der Waals surface area contributed by atoms with E-state index < -0.39 is 15.9 Å². The zero-order valence-corrected chi connectivity index (χ0v) is 14.3. The number of halogens is 1. The van der Waals surface area contributed by atoms with Crippen LogP contribution in [0.3, 0.4) is 0 Å². The van der Waals surface area contributed by atoms with Gasteiger partial charge in [-0.3, -0.25) is 14.3 Å². The average molecular weight is 367 g/mol. The lowest BCUT2D eigenvalue weighted by molar-refractivity contribution is -0.124. The molecule has 126 valence electrons. The summed E-state index contributed by atoms with van der Waals surface area (Å²) >= 11 is 5.78. The number of rotatable bonds is 5. The van der Waals surface area contributed by atoms with E-state index in [1.165, 1.54) is 42.9 Å². The van der Waals surface area contributed by atoms with E-state index in [1.54, 1.807) is 24.3 Å². The molecule has 0 spiro atoms. The first-order chi connectivity index (χ1) is 11.3. The summed E-state index contributed by atoms with van der Waals surface area (Å²) in [6, 6.07) is 12.5. The fourth-order valence-electron chi connectivity index (χ4n) is 1.91. The van der Waals surface area contributed by atoms with Gasteiger partial charge in [0.15, 0.2) is 0 Å². The second-order valence-electron chi connectivity index (χ2n) is 4.83. The molecule has 0 aliphatic heterocycles.